The molecule has 6 aromatic rings. The smallest absolute Gasteiger partial charge is 0.282 e. The Hall–Kier alpha value is -5.18. The molecule has 0 radical (unpaired) electrons. The van der Waals surface area contributed by atoms with E-state index in [4.69, 9.17) is 4.74 Å². The van der Waals surface area contributed by atoms with Gasteiger partial charge in [-0.25, -0.2) is 9.97 Å². The van der Waals surface area contributed by atoms with Crippen molar-refractivity contribution in [2.45, 2.75) is 0 Å². The molecule has 0 spiro atoms. The summed E-state index contributed by atoms with van der Waals surface area (Å²) in [6.45, 7) is 0. The molecule has 0 atom stereocenters. The number of nitrogens with zero attached hydrogens (tertiary/aromatic N) is 4. The van der Waals surface area contributed by atoms with Gasteiger partial charge in [0.15, 0.2) is 11.5 Å². The second kappa shape index (κ2) is 7.70. The van der Waals surface area contributed by atoms with Gasteiger partial charge in [0, 0.05) is 22.9 Å². The van der Waals surface area contributed by atoms with E-state index in [1.807, 2.05) is 12.1 Å². The van der Waals surface area contributed by atoms with Gasteiger partial charge in [0.05, 0.1) is 31.9 Å². The lowest BCUT2D eigenvalue weighted by molar-refractivity contribution is -0.383. The normalized spacial score (nSPS) is 11.3. The van der Waals surface area contributed by atoms with Crippen LogP contribution in [0.4, 0.5) is 11.4 Å². The number of non-ortho nitro benzene ring substituents is 2. The van der Waals surface area contributed by atoms with Crippen LogP contribution in [0.3, 0.4) is 0 Å². The first kappa shape index (κ1) is 20.4. The number of aromatic nitrogens is 2. The number of para-hydroxylation sites is 2. The molecular weight excluding hydrogens is 448 g/mol. The fraction of sp³-hybridized carbons (Fsp3) is 0. The topological polar surface area (TPSA) is 121 Å². The molecule has 9 nitrogen and oxygen atoms in total. The minimum atomic E-state index is -0.489. The van der Waals surface area contributed by atoms with Crippen molar-refractivity contribution < 1.29 is 14.6 Å². The highest BCUT2D eigenvalue weighted by Gasteiger charge is 2.25. The zero-order valence-corrected chi connectivity index (χ0v) is 17.9. The van der Waals surface area contributed by atoms with Crippen LogP contribution in [0.15, 0.2) is 84.9 Å². The van der Waals surface area contributed by atoms with Crippen molar-refractivity contribution in [1.82, 2.24) is 9.97 Å². The summed E-state index contributed by atoms with van der Waals surface area (Å²) in [6.07, 6.45) is 0. The molecule has 35 heavy (non-hydrogen) atoms. The molecular formula is C26H14N4O5. The maximum absolute atomic E-state index is 11.9. The molecule has 6 rings (SSSR count). The average molecular weight is 462 g/mol. The van der Waals surface area contributed by atoms with E-state index in [1.54, 1.807) is 60.7 Å². The van der Waals surface area contributed by atoms with Gasteiger partial charge in [-0.3, -0.25) is 20.2 Å². The summed E-state index contributed by atoms with van der Waals surface area (Å²) in [6, 6.07) is 23.5. The first-order valence-corrected chi connectivity index (χ1v) is 10.6. The van der Waals surface area contributed by atoms with Gasteiger partial charge in [-0.05, 0) is 36.4 Å². The fourth-order valence-electron chi connectivity index (χ4n) is 4.38. The maximum Gasteiger partial charge on any atom is 0.282 e. The lowest BCUT2D eigenvalue weighted by Gasteiger charge is -2.16. The predicted molar refractivity (Wildman–Crippen MR) is 132 cm³/mol. The van der Waals surface area contributed by atoms with Crippen molar-refractivity contribution in [3.05, 3.63) is 105 Å². The van der Waals surface area contributed by atoms with Gasteiger partial charge in [-0.15, -0.1) is 0 Å². The Morgan fingerprint density at radius 3 is 1.37 bits per heavy atom. The summed E-state index contributed by atoms with van der Waals surface area (Å²) in [5.41, 5.74) is 1.57. The highest BCUT2D eigenvalue weighted by Crippen LogP contribution is 2.45. The molecule has 0 fully saturated rings. The lowest BCUT2D eigenvalue weighted by Crippen LogP contribution is -1.99. The van der Waals surface area contributed by atoms with Crippen LogP contribution in [0, 0.1) is 20.2 Å². The highest BCUT2D eigenvalue weighted by atomic mass is 16.6. The average Bonchev–Trinajstić information content (AvgIpc) is 2.87. The molecule has 2 aromatic heterocycles. The van der Waals surface area contributed by atoms with E-state index < -0.39 is 9.85 Å². The quantitative estimate of drug-likeness (QED) is 0.162. The molecule has 2 heterocycles. The van der Waals surface area contributed by atoms with Gasteiger partial charge < -0.3 is 4.74 Å². The standard InChI is InChI=1S/C26H14N4O5/c31-29(32)21-13-5-11-19-23(21)25(15-7-1-3-9-17(15)27-19)35-26-16-8-2-4-10-18(16)28-20-12-6-14-22(24(20)26)30(33)34/h1-14H. The van der Waals surface area contributed by atoms with E-state index in [9.17, 15) is 20.2 Å². The van der Waals surface area contributed by atoms with Crippen molar-refractivity contribution in [1.29, 1.82) is 0 Å². The molecule has 0 aliphatic heterocycles. The Morgan fingerprint density at radius 1 is 0.543 bits per heavy atom. The summed E-state index contributed by atoms with van der Waals surface area (Å²) in [5.74, 6) is 0.405. The molecule has 0 saturated heterocycles. The van der Waals surface area contributed by atoms with Gasteiger partial charge in [0.2, 0.25) is 0 Å². The number of rotatable bonds is 4. The molecule has 0 amide bonds. The van der Waals surface area contributed by atoms with E-state index in [0.29, 0.717) is 32.8 Å². The summed E-state index contributed by atoms with van der Waals surface area (Å²) in [7, 11) is 0. The number of nitro benzene ring substituents is 2. The minimum Gasteiger partial charge on any atom is -0.454 e. The van der Waals surface area contributed by atoms with Crippen molar-refractivity contribution in [3.8, 4) is 11.5 Å². The molecule has 0 aliphatic rings. The summed E-state index contributed by atoms with van der Waals surface area (Å²) < 4.78 is 6.52. The number of hydrogen-bond acceptors (Lipinski definition) is 7. The van der Waals surface area contributed by atoms with Gasteiger partial charge >= 0.3 is 0 Å². The molecule has 168 valence electrons. The van der Waals surface area contributed by atoms with Crippen LogP contribution in [-0.2, 0) is 0 Å². The zero-order chi connectivity index (χ0) is 24.1. The third-order valence-corrected chi connectivity index (χ3v) is 5.87. The summed E-state index contributed by atoms with van der Waals surface area (Å²) in [4.78, 5) is 32.1. The fourth-order valence-corrected chi connectivity index (χ4v) is 4.38. The molecule has 0 N–H and O–H groups in total. The lowest BCUT2D eigenvalue weighted by atomic mass is 10.1. The number of hydrogen-bond donors (Lipinski definition) is 0. The van der Waals surface area contributed by atoms with E-state index in [1.165, 1.54) is 12.1 Å². The molecule has 0 bridgehead atoms. The number of nitro groups is 2. The van der Waals surface area contributed by atoms with Crippen LogP contribution in [0.5, 0.6) is 11.5 Å². The first-order chi connectivity index (χ1) is 17.0. The number of fused-ring (bicyclic) bond motifs is 4. The second-order valence-electron chi connectivity index (χ2n) is 7.87. The Labute approximate surface area is 196 Å². The van der Waals surface area contributed by atoms with E-state index >= 15 is 0 Å². The van der Waals surface area contributed by atoms with Gasteiger partial charge in [0.25, 0.3) is 11.4 Å². The Bertz CT molecular complexity index is 1720. The number of ether oxygens (including phenoxy) is 1. The highest BCUT2D eigenvalue weighted by molar-refractivity contribution is 6.09. The van der Waals surface area contributed by atoms with E-state index in [-0.39, 0.29) is 33.6 Å². The summed E-state index contributed by atoms with van der Waals surface area (Å²) in [5, 5.41) is 25.4. The van der Waals surface area contributed by atoms with Crippen LogP contribution >= 0.6 is 0 Å². The van der Waals surface area contributed by atoms with Gasteiger partial charge in [-0.2, -0.15) is 0 Å². The van der Waals surface area contributed by atoms with Crippen molar-refractivity contribution in [2.75, 3.05) is 0 Å². The van der Waals surface area contributed by atoms with Crippen molar-refractivity contribution in [3.63, 3.8) is 0 Å². The second-order valence-corrected chi connectivity index (χ2v) is 7.87. The molecule has 0 aliphatic carbocycles. The van der Waals surface area contributed by atoms with E-state index in [2.05, 4.69) is 9.97 Å². The zero-order valence-electron chi connectivity index (χ0n) is 17.9. The minimum absolute atomic E-state index is 0.173. The summed E-state index contributed by atoms with van der Waals surface area (Å²) >= 11 is 0. The third-order valence-electron chi connectivity index (χ3n) is 5.87. The van der Waals surface area contributed by atoms with E-state index in [0.717, 1.165) is 0 Å². The molecule has 0 unspecified atom stereocenters. The largest absolute Gasteiger partial charge is 0.454 e. The van der Waals surface area contributed by atoms with Crippen molar-refractivity contribution in [2.24, 2.45) is 0 Å². The third kappa shape index (κ3) is 3.17. The monoisotopic (exact) mass is 462 g/mol. The van der Waals surface area contributed by atoms with Crippen LogP contribution in [0.1, 0.15) is 0 Å². The van der Waals surface area contributed by atoms with Crippen LogP contribution in [0.2, 0.25) is 0 Å². The van der Waals surface area contributed by atoms with Crippen LogP contribution in [0.25, 0.3) is 43.6 Å². The SMILES string of the molecule is O=[N+]([O-])c1cccc2nc3ccccc3c(Oc3c4ccccc4nc4cccc([N+](=O)[O-])c34)c12. The number of pyridine rings is 2. The Morgan fingerprint density at radius 2 is 0.943 bits per heavy atom. The van der Waals surface area contributed by atoms with Gasteiger partial charge in [-0.1, -0.05) is 36.4 Å². The Balaban J connectivity index is 1.79. The predicted octanol–water partition coefficient (Wildman–Crippen LogP) is 6.70. The van der Waals surface area contributed by atoms with Gasteiger partial charge in [0.1, 0.15) is 10.8 Å². The van der Waals surface area contributed by atoms with Crippen molar-refractivity contribution >= 4 is 55.0 Å². The van der Waals surface area contributed by atoms with Crippen LogP contribution in [-0.4, -0.2) is 19.8 Å². The first-order valence-electron chi connectivity index (χ1n) is 10.6. The van der Waals surface area contributed by atoms with Crippen LogP contribution < -0.4 is 4.74 Å². The molecule has 9 heteroatoms. The molecule has 4 aromatic carbocycles. The number of benzene rings is 4. The molecule has 0 saturated carbocycles. The maximum atomic E-state index is 11.9. The Kier molecular flexibility index (Phi) is 4.49.